The van der Waals surface area contributed by atoms with Crippen molar-refractivity contribution in [2.24, 2.45) is 0 Å². The van der Waals surface area contributed by atoms with Crippen LogP contribution < -0.4 is 5.32 Å². The molecule has 0 spiro atoms. The lowest BCUT2D eigenvalue weighted by molar-refractivity contribution is 0.384. The molecule has 0 radical (unpaired) electrons. The molecule has 0 aliphatic heterocycles. The van der Waals surface area contributed by atoms with Crippen molar-refractivity contribution in [2.75, 3.05) is 12.8 Å². The molecule has 1 saturated carbocycles. The van der Waals surface area contributed by atoms with E-state index in [1.165, 1.54) is 6.26 Å². The van der Waals surface area contributed by atoms with E-state index in [0.29, 0.717) is 13.0 Å². The molecule has 80 valence electrons. The van der Waals surface area contributed by atoms with Gasteiger partial charge in [-0.25, -0.2) is 8.42 Å². The Morgan fingerprint density at radius 1 is 1.50 bits per heavy atom. The van der Waals surface area contributed by atoms with E-state index in [1.807, 2.05) is 0 Å². The maximum atomic E-state index is 11.3. The summed E-state index contributed by atoms with van der Waals surface area (Å²) in [7, 11) is -2.88. The molecule has 0 saturated heterocycles. The zero-order chi connectivity index (χ0) is 10.6. The molecule has 2 unspecified atom stereocenters. The molecule has 1 aliphatic rings. The van der Waals surface area contributed by atoms with E-state index in [-0.39, 0.29) is 11.3 Å². The van der Waals surface area contributed by atoms with Crippen LogP contribution in [0.2, 0.25) is 0 Å². The average Bonchev–Trinajstić information content (AvgIpc) is 2.14. The summed E-state index contributed by atoms with van der Waals surface area (Å²) < 4.78 is 22.7. The van der Waals surface area contributed by atoms with Crippen LogP contribution in [-0.4, -0.2) is 32.5 Å². The van der Waals surface area contributed by atoms with Gasteiger partial charge in [0.05, 0.1) is 11.8 Å². The summed E-state index contributed by atoms with van der Waals surface area (Å²) in [4.78, 5) is 0. The van der Waals surface area contributed by atoms with Crippen molar-refractivity contribution in [3.63, 3.8) is 0 Å². The van der Waals surface area contributed by atoms with Crippen molar-refractivity contribution in [2.45, 2.75) is 37.0 Å². The molecular weight excluding hydrogens is 198 g/mol. The molecule has 1 rings (SSSR count). The smallest absolute Gasteiger partial charge is 0.150 e. The molecule has 0 aromatic rings. The lowest BCUT2D eigenvalue weighted by atomic mass is 9.95. The third kappa shape index (κ3) is 3.32. The summed E-state index contributed by atoms with van der Waals surface area (Å²) in [6.45, 7) is 0.529. The minimum atomic E-state index is -2.88. The van der Waals surface area contributed by atoms with Crippen LogP contribution in [0.4, 0.5) is 0 Å². The van der Waals surface area contributed by atoms with Gasteiger partial charge in [0.15, 0.2) is 0 Å². The molecule has 3 nitrogen and oxygen atoms in total. The van der Waals surface area contributed by atoms with E-state index < -0.39 is 9.84 Å². The van der Waals surface area contributed by atoms with Crippen molar-refractivity contribution in [1.82, 2.24) is 5.32 Å². The molecule has 0 amide bonds. The van der Waals surface area contributed by atoms with Crippen LogP contribution in [0.3, 0.4) is 0 Å². The first-order valence-corrected chi connectivity index (χ1v) is 6.85. The van der Waals surface area contributed by atoms with Crippen molar-refractivity contribution in [1.29, 1.82) is 0 Å². The van der Waals surface area contributed by atoms with Gasteiger partial charge in [-0.2, -0.15) is 0 Å². The maximum absolute atomic E-state index is 11.3. The van der Waals surface area contributed by atoms with Gasteiger partial charge < -0.3 is 5.32 Å². The Morgan fingerprint density at radius 2 is 2.21 bits per heavy atom. The second-order valence-corrected chi connectivity index (χ2v) is 6.23. The zero-order valence-electron chi connectivity index (χ0n) is 8.49. The lowest BCUT2D eigenvalue weighted by Gasteiger charge is -2.28. The average molecular weight is 215 g/mol. The van der Waals surface area contributed by atoms with Crippen LogP contribution in [0.25, 0.3) is 0 Å². The minimum absolute atomic E-state index is 0.175. The molecule has 0 bridgehead atoms. The van der Waals surface area contributed by atoms with E-state index in [9.17, 15) is 8.42 Å². The van der Waals surface area contributed by atoms with Crippen LogP contribution >= 0.6 is 0 Å². The van der Waals surface area contributed by atoms with E-state index in [0.717, 1.165) is 19.3 Å². The van der Waals surface area contributed by atoms with E-state index in [2.05, 4.69) is 11.2 Å². The summed E-state index contributed by atoms with van der Waals surface area (Å²) >= 11 is 0. The fourth-order valence-corrected chi connectivity index (χ4v) is 3.10. The number of nitrogens with one attached hydrogen (secondary N) is 1. The van der Waals surface area contributed by atoms with Gasteiger partial charge in [0.2, 0.25) is 0 Å². The fraction of sp³-hybridized carbons (Fsp3) is 0.800. The highest BCUT2D eigenvalue weighted by Crippen LogP contribution is 2.23. The standard InChI is InChI=1S/C10H17NO2S/c1-3-7-11-9-5-4-6-10(8-9)14(2,12)13/h1,9-11H,4-8H2,2H3. The number of hydrogen-bond acceptors (Lipinski definition) is 3. The third-order valence-corrected chi connectivity index (χ3v) is 4.36. The monoisotopic (exact) mass is 215 g/mol. The number of rotatable bonds is 3. The van der Waals surface area contributed by atoms with Gasteiger partial charge in [0, 0.05) is 12.3 Å². The summed E-state index contributed by atoms with van der Waals surface area (Å²) in [5, 5.41) is 3.00. The first-order chi connectivity index (χ1) is 6.54. The number of sulfone groups is 1. The van der Waals surface area contributed by atoms with Gasteiger partial charge in [0.1, 0.15) is 9.84 Å². The summed E-state index contributed by atoms with van der Waals surface area (Å²) in [5.74, 6) is 2.51. The fourth-order valence-electron chi connectivity index (χ4n) is 1.92. The van der Waals surface area contributed by atoms with E-state index in [1.54, 1.807) is 0 Å². The zero-order valence-corrected chi connectivity index (χ0v) is 9.31. The SMILES string of the molecule is C#CCNC1CCCC(S(C)(=O)=O)C1. The van der Waals surface area contributed by atoms with Gasteiger partial charge in [-0.15, -0.1) is 6.42 Å². The van der Waals surface area contributed by atoms with Gasteiger partial charge in [0.25, 0.3) is 0 Å². The van der Waals surface area contributed by atoms with Crippen LogP contribution in [0.5, 0.6) is 0 Å². The molecular formula is C10H17NO2S. The second kappa shape index (κ2) is 4.81. The Labute approximate surface area is 86.2 Å². The maximum Gasteiger partial charge on any atom is 0.150 e. The first-order valence-electron chi connectivity index (χ1n) is 4.89. The number of terminal acetylenes is 1. The summed E-state index contributed by atoms with van der Waals surface area (Å²) in [5.41, 5.74) is 0. The Morgan fingerprint density at radius 3 is 2.79 bits per heavy atom. The largest absolute Gasteiger partial charge is 0.303 e. The number of hydrogen-bond donors (Lipinski definition) is 1. The van der Waals surface area contributed by atoms with Crippen LogP contribution in [0, 0.1) is 12.3 Å². The van der Waals surface area contributed by atoms with Crippen LogP contribution in [-0.2, 0) is 9.84 Å². The molecule has 0 heterocycles. The van der Waals surface area contributed by atoms with Crippen molar-refractivity contribution in [3.8, 4) is 12.3 Å². The van der Waals surface area contributed by atoms with Gasteiger partial charge in [-0.1, -0.05) is 12.3 Å². The predicted octanol–water partition coefficient (Wildman–Crippen LogP) is 0.565. The Hall–Kier alpha value is -0.530. The molecule has 0 aromatic carbocycles. The van der Waals surface area contributed by atoms with Gasteiger partial charge in [-0.05, 0) is 19.3 Å². The van der Waals surface area contributed by atoms with Gasteiger partial charge >= 0.3 is 0 Å². The molecule has 1 N–H and O–H groups in total. The second-order valence-electron chi connectivity index (χ2n) is 3.90. The highest BCUT2D eigenvalue weighted by Gasteiger charge is 2.28. The minimum Gasteiger partial charge on any atom is -0.303 e. The predicted molar refractivity (Wildman–Crippen MR) is 57.7 cm³/mol. The normalized spacial score (nSPS) is 28.3. The Balaban J connectivity index is 2.49. The molecule has 14 heavy (non-hydrogen) atoms. The molecule has 1 fully saturated rings. The van der Waals surface area contributed by atoms with Crippen molar-refractivity contribution in [3.05, 3.63) is 0 Å². The summed E-state index contributed by atoms with van der Waals surface area (Å²) in [6.07, 6.45) is 9.97. The molecule has 2 atom stereocenters. The highest BCUT2D eigenvalue weighted by molar-refractivity contribution is 7.91. The Bertz CT molecular complexity index is 316. The topological polar surface area (TPSA) is 46.2 Å². The Kier molecular flexibility index (Phi) is 3.97. The van der Waals surface area contributed by atoms with Crippen LogP contribution in [0.1, 0.15) is 25.7 Å². The lowest BCUT2D eigenvalue weighted by Crippen LogP contribution is -2.38. The molecule has 0 aromatic heterocycles. The molecule has 1 aliphatic carbocycles. The van der Waals surface area contributed by atoms with Crippen LogP contribution in [0.15, 0.2) is 0 Å². The van der Waals surface area contributed by atoms with Gasteiger partial charge in [-0.3, -0.25) is 0 Å². The van der Waals surface area contributed by atoms with E-state index >= 15 is 0 Å². The highest BCUT2D eigenvalue weighted by atomic mass is 32.2. The summed E-state index contributed by atoms with van der Waals surface area (Å²) in [6, 6.07) is 0.277. The van der Waals surface area contributed by atoms with Crippen molar-refractivity contribution < 1.29 is 8.42 Å². The quantitative estimate of drug-likeness (QED) is 0.700. The van der Waals surface area contributed by atoms with Crippen molar-refractivity contribution >= 4 is 9.84 Å². The third-order valence-electron chi connectivity index (χ3n) is 2.72. The van der Waals surface area contributed by atoms with E-state index in [4.69, 9.17) is 6.42 Å². The first kappa shape index (κ1) is 11.5. The molecule has 4 heteroatoms.